The maximum absolute atomic E-state index is 12.9. The molecule has 152 valence electrons. The number of ether oxygens (including phenoxy) is 2. The fraction of sp³-hybridized carbons (Fsp3) is 0.619. The quantitative estimate of drug-likeness (QED) is 0.836. The zero-order valence-corrected chi connectivity index (χ0v) is 16.5. The predicted octanol–water partition coefficient (Wildman–Crippen LogP) is 3.01. The van der Waals surface area contributed by atoms with Crippen molar-refractivity contribution < 1.29 is 19.1 Å². The van der Waals surface area contributed by atoms with Crippen LogP contribution < -0.4 is 20.1 Å². The molecule has 0 bridgehead atoms. The summed E-state index contributed by atoms with van der Waals surface area (Å²) in [6.07, 6.45) is 5.93. The number of hydrogen-bond donors (Lipinski definition) is 2. The third-order valence-electron chi connectivity index (χ3n) is 6.34. The topological polar surface area (TPSA) is 79.9 Å². The Morgan fingerprint density at radius 2 is 1.89 bits per heavy atom. The summed E-state index contributed by atoms with van der Waals surface area (Å²) in [6.45, 7) is 4.69. The zero-order valence-electron chi connectivity index (χ0n) is 16.5. The van der Waals surface area contributed by atoms with Gasteiger partial charge in [-0.15, -0.1) is 0 Å². The van der Waals surface area contributed by atoms with Gasteiger partial charge in [-0.3, -0.25) is 4.79 Å². The standard InChI is InChI=1S/C21H29N3O4/c1-15(25)22-12-16-13-24(14-21(16)7-3-2-4-8-21)20(26)23-17-5-6-18-19(11-17)28-10-9-27-18/h5-6,11,16H,2-4,7-10,12-14H2,1H3,(H,22,25)(H,23,26)/t16-/m0/s1. The maximum atomic E-state index is 12.9. The number of amides is 3. The van der Waals surface area contributed by atoms with Crippen LogP contribution in [0.25, 0.3) is 0 Å². The molecule has 0 radical (unpaired) electrons. The predicted molar refractivity (Wildman–Crippen MR) is 106 cm³/mol. The summed E-state index contributed by atoms with van der Waals surface area (Å²) in [5.41, 5.74) is 0.836. The highest BCUT2D eigenvalue weighted by atomic mass is 16.6. The molecule has 4 rings (SSSR count). The first-order chi connectivity index (χ1) is 13.6. The molecule has 1 aromatic carbocycles. The second-order valence-corrected chi connectivity index (χ2v) is 8.23. The Morgan fingerprint density at radius 1 is 1.14 bits per heavy atom. The lowest BCUT2D eigenvalue weighted by atomic mass is 9.68. The third kappa shape index (κ3) is 3.88. The van der Waals surface area contributed by atoms with Crippen molar-refractivity contribution in [1.82, 2.24) is 10.2 Å². The van der Waals surface area contributed by atoms with E-state index in [4.69, 9.17) is 9.47 Å². The van der Waals surface area contributed by atoms with Crippen molar-refractivity contribution in [2.45, 2.75) is 39.0 Å². The van der Waals surface area contributed by atoms with E-state index < -0.39 is 0 Å². The van der Waals surface area contributed by atoms with Crippen LogP contribution in [-0.4, -0.2) is 49.7 Å². The summed E-state index contributed by atoms with van der Waals surface area (Å²) >= 11 is 0. The fourth-order valence-corrected chi connectivity index (χ4v) is 4.88. The number of carbonyl (C=O) groups is 2. The first-order valence-corrected chi connectivity index (χ1v) is 10.3. The van der Waals surface area contributed by atoms with E-state index in [0.29, 0.717) is 49.4 Å². The average Bonchev–Trinajstić information content (AvgIpc) is 3.04. The Bertz CT molecular complexity index is 745. The molecule has 1 spiro atoms. The first-order valence-electron chi connectivity index (χ1n) is 10.3. The molecule has 0 unspecified atom stereocenters. The number of benzene rings is 1. The van der Waals surface area contributed by atoms with Gasteiger partial charge in [-0.25, -0.2) is 4.79 Å². The molecule has 3 aliphatic rings. The Hall–Kier alpha value is -2.44. The monoisotopic (exact) mass is 387 g/mol. The van der Waals surface area contributed by atoms with Crippen LogP contribution in [-0.2, 0) is 4.79 Å². The Kier molecular flexibility index (Phi) is 5.33. The van der Waals surface area contributed by atoms with Crippen molar-refractivity contribution in [2.75, 3.05) is 38.2 Å². The van der Waals surface area contributed by atoms with Crippen molar-refractivity contribution in [3.05, 3.63) is 18.2 Å². The molecular weight excluding hydrogens is 358 g/mol. The number of nitrogens with zero attached hydrogens (tertiary/aromatic N) is 1. The van der Waals surface area contributed by atoms with Crippen LogP contribution in [0.3, 0.4) is 0 Å². The van der Waals surface area contributed by atoms with Crippen LogP contribution in [0.2, 0.25) is 0 Å². The molecule has 1 aromatic rings. The molecule has 1 atom stereocenters. The minimum atomic E-state index is -0.0908. The lowest BCUT2D eigenvalue weighted by Gasteiger charge is -2.38. The highest BCUT2D eigenvalue weighted by molar-refractivity contribution is 5.90. The second-order valence-electron chi connectivity index (χ2n) is 8.23. The van der Waals surface area contributed by atoms with Gasteiger partial charge in [-0.2, -0.15) is 0 Å². The number of anilines is 1. The minimum Gasteiger partial charge on any atom is -0.486 e. The molecule has 7 heteroatoms. The SMILES string of the molecule is CC(=O)NC[C@H]1CN(C(=O)Nc2ccc3c(c2)OCCO3)CC12CCCCC2. The van der Waals surface area contributed by atoms with Crippen LogP contribution in [0.5, 0.6) is 11.5 Å². The molecule has 1 saturated heterocycles. The maximum Gasteiger partial charge on any atom is 0.321 e. The van der Waals surface area contributed by atoms with Gasteiger partial charge < -0.3 is 25.0 Å². The van der Waals surface area contributed by atoms with Crippen molar-refractivity contribution in [3.8, 4) is 11.5 Å². The number of likely N-dealkylation sites (tertiary alicyclic amines) is 1. The summed E-state index contributed by atoms with van der Waals surface area (Å²) in [5, 5.41) is 5.98. The third-order valence-corrected chi connectivity index (χ3v) is 6.34. The van der Waals surface area contributed by atoms with Gasteiger partial charge in [0.1, 0.15) is 13.2 Å². The van der Waals surface area contributed by atoms with Gasteiger partial charge >= 0.3 is 6.03 Å². The first kappa shape index (κ1) is 18.9. The van der Waals surface area contributed by atoms with Gasteiger partial charge in [0, 0.05) is 44.2 Å². The summed E-state index contributed by atoms with van der Waals surface area (Å²) in [5.74, 6) is 1.67. The molecule has 3 amide bonds. The summed E-state index contributed by atoms with van der Waals surface area (Å²) in [6, 6.07) is 5.39. The van der Waals surface area contributed by atoms with Crippen LogP contribution in [0.4, 0.5) is 10.5 Å². The Balaban J connectivity index is 1.44. The molecule has 2 N–H and O–H groups in total. The average molecular weight is 387 g/mol. The van der Waals surface area contributed by atoms with Crippen molar-refractivity contribution in [2.24, 2.45) is 11.3 Å². The summed E-state index contributed by atoms with van der Waals surface area (Å²) in [4.78, 5) is 26.3. The lowest BCUT2D eigenvalue weighted by Crippen LogP contribution is -2.39. The van der Waals surface area contributed by atoms with Crippen LogP contribution in [0.15, 0.2) is 18.2 Å². The number of rotatable bonds is 3. The van der Waals surface area contributed by atoms with E-state index in [9.17, 15) is 9.59 Å². The fourth-order valence-electron chi connectivity index (χ4n) is 4.88. The van der Waals surface area contributed by atoms with Crippen LogP contribution in [0.1, 0.15) is 39.0 Å². The minimum absolute atomic E-state index is 0.00913. The van der Waals surface area contributed by atoms with Gasteiger partial charge in [0.25, 0.3) is 0 Å². The molecular formula is C21H29N3O4. The largest absolute Gasteiger partial charge is 0.486 e. The Labute approximate surface area is 165 Å². The van der Waals surface area contributed by atoms with Gasteiger partial charge in [-0.05, 0) is 30.4 Å². The molecule has 2 heterocycles. The molecule has 28 heavy (non-hydrogen) atoms. The van der Waals surface area contributed by atoms with Crippen LogP contribution >= 0.6 is 0 Å². The molecule has 2 aliphatic heterocycles. The highest BCUT2D eigenvalue weighted by Crippen LogP contribution is 2.47. The van der Waals surface area contributed by atoms with E-state index in [1.807, 2.05) is 23.1 Å². The van der Waals surface area contributed by atoms with E-state index in [-0.39, 0.29) is 17.4 Å². The van der Waals surface area contributed by atoms with Crippen molar-refractivity contribution in [3.63, 3.8) is 0 Å². The Morgan fingerprint density at radius 3 is 2.64 bits per heavy atom. The summed E-state index contributed by atoms with van der Waals surface area (Å²) < 4.78 is 11.1. The van der Waals surface area contributed by atoms with Crippen LogP contribution in [0, 0.1) is 11.3 Å². The van der Waals surface area contributed by atoms with E-state index in [1.165, 1.54) is 19.3 Å². The molecule has 1 saturated carbocycles. The van der Waals surface area contributed by atoms with Gasteiger partial charge in [0.2, 0.25) is 5.91 Å². The summed E-state index contributed by atoms with van der Waals surface area (Å²) in [7, 11) is 0. The zero-order chi connectivity index (χ0) is 19.6. The van der Waals surface area contributed by atoms with Gasteiger partial charge in [-0.1, -0.05) is 19.3 Å². The molecule has 0 aromatic heterocycles. The van der Waals surface area contributed by atoms with E-state index >= 15 is 0 Å². The molecule has 7 nitrogen and oxygen atoms in total. The van der Waals surface area contributed by atoms with Crippen molar-refractivity contribution in [1.29, 1.82) is 0 Å². The second kappa shape index (κ2) is 7.89. The highest BCUT2D eigenvalue weighted by Gasteiger charge is 2.48. The smallest absolute Gasteiger partial charge is 0.321 e. The number of fused-ring (bicyclic) bond motifs is 1. The van der Waals surface area contributed by atoms with E-state index in [1.54, 1.807) is 6.92 Å². The van der Waals surface area contributed by atoms with Crippen molar-refractivity contribution >= 4 is 17.6 Å². The van der Waals surface area contributed by atoms with E-state index in [0.717, 1.165) is 19.4 Å². The van der Waals surface area contributed by atoms with Gasteiger partial charge in [0.05, 0.1) is 0 Å². The number of carbonyl (C=O) groups excluding carboxylic acids is 2. The van der Waals surface area contributed by atoms with E-state index in [2.05, 4.69) is 10.6 Å². The normalized spacial score (nSPS) is 22.8. The van der Waals surface area contributed by atoms with Gasteiger partial charge in [0.15, 0.2) is 11.5 Å². The molecule has 2 fully saturated rings. The lowest BCUT2D eigenvalue weighted by molar-refractivity contribution is -0.119. The number of nitrogens with one attached hydrogen (secondary N) is 2. The molecule has 1 aliphatic carbocycles. The number of hydrogen-bond acceptors (Lipinski definition) is 4. The number of urea groups is 1.